The van der Waals surface area contributed by atoms with E-state index < -0.39 is 0 Å². The number of carbonyl (C=O) groups excluding carboxylic acids is 1. The van der Waals surface area contributed by atoms with Crippen molar-refractivity contribution in [1.29, 1.82) is 0 Å². The van der Waals surface area contributed by atoms with Crippen LogP contribution >= 0.6 is 0 Å². The summed E-state index contributed by atoms with van der Waals surface area (Å²) in [7, 11) is 0. The van der Waals surface area contributed by atoms with E-state index in [4.69, 9.17) is 0 Å². The molecule has 2 N–H and O–H groups in total. The van der Waals surface area contributed by atoms with Crippen LogP contribution in [0.3, 0.4) is 0 Å². The molecule has 0 bridgehead atoms. The molecule has 1 aliphatic carbocycles. The lowest BCUT2D eigenvalue weighted by molar-refractivity contribution is -0.123. The van der Waals surface area contributed by atoms with E-state index in [1.54, 1.807) is 0 Å². The van der Waals surface area contributed by atoms with Crippen molar-refractivity contribution in [2.45, 2.75) is 52.0 Å². The van der Waals surface area contributed by atoms with Crippen LogP contribution in [0.4, 0.5) is 0 Å². The van der Waals surface area contributed by atoms with Crippen molar-refractivity contribution in [3.63, 3.8) is 0 Å². The molecular weight excluding hydrogens is 250 g/mol. The first-order valence-corrected chi connectivity index (χ1v) is 8.36. The molecule has 1 unspecified atom stereocenters. The highest BCUT2D eigenvalue weighted by Crippen LogP contribution is 2.27. The minimum Gasteiger partial charge on any atom is -0.355 e. The topological polar surface area (TPSA) is 44.4 Å². The van der Waals surface area contributed by atoms with Crippen LogP contribution in [0.1, 0.15) is 46.0 Å². The largest absolute Gasteiger partial charge is 0.355 e. The van der Waals surface area contributed by atoms with Crippen LogP contribution < -0.4 is 10.6 Å². The van der Waals surface area contributed by atoms with Gasteiger partial charge in [0.2, 0.25) is 5.91 Å². The van der Waals surface area contributed by atoms with Gasteiger partial charge in [0.25, 0.3) is 0 Å². The number of nitrogens with zero attached hydrogens (tertiary/aromatic N) is 1. The molecule has 1 aliphatic heterocycles. The molecule has 116 valence electrons. The lowest BCUT2D eigenvalue weighted by Gasteiger charge is -2.35. The van der Waals surface area contributed by atoms with Crippen LogP contribution in [-0.2, 0) is 4.79 Å². The zero-order chi connectivity index (χ0) is 14.4. The smallest absolute Gasteiger partial charge is 0.234 e. The fourth-order valence-electron chi connectivity index (χ4n) is 2.86. The van der Waals surface area contributed by atoms with E-state index in [0.717, 1.165) is 32.1 Å². The Labute approximate surface area is 123 Å². The molecule has 2 aliphatic rings. The summed E-state index contributed by atoms with van der Waals surface area (Å²) in [5.41, 5.74) is 0. The summed E-state index contributed by atoms with van der Waals surface area (Å²) in [6, 6.07) is 0.536. The first-order valence-electron chi connectivity index (χ1n) is 8.36. The lowest BCUT2D eigenvalue weighted by Crippen LogP contribution is -2.49. The minimum atomic E-state index is 0.215. The fraction of sp³-hybridized carbons (Fsp3) is 0.938. The van der Waals surface area contributed by atoms with E-state index in [1.165, 1.54) is 32.1 Å². The minimum absolute atomic E-state index is 0.215. The number of hydrogen-bond acceptors (Lipinski definition) is 3. The number of carbonyl (C=O) groups is 1. The molecule has 1 heterocycles. The summed E-state index contributed by atoms with van der Waals surface area (Å²) < 4.78 is 0. The van der Waals surface area contributed by atoms with Gasteiger partial charge in [-0.25, -0.2) is 0 Å². The second-order valence-corrected chi connectivity index (χ2v) is 6.92. The summed E-state index contributed by atoms with van der Waals surface area (Å²) in [4.78, 5) is 14.4. The predicted octanol–water partition coefficient (Wildman–Crippen LogP) is 1.61. The Morgan fingerprint density at radius 1 is 1.20 bits per heavy atom. The zero-order valence-electron chi connectivity index (χ0n) is 13.2. The van der Waals surface area contributed by atoms with Crippen LogP contribution in [0.15, 0.2) is 0 Å². The molecule has 0 spiro atoms. The number of piperidine rings is 1. The molecule has 20 heavy (non-hydrogen) atoms. The second kappa shape index (κ2) is 7.99. The van der Waals surface area contributed by atoms with E-state index in [0.29, 0.717) is 18.5 Å². The molecule has 0 radical (unpaired) electrons. The van der Waals surface area contributed by atoms with Gasteiger partial charge in [0.1, 0.15) is 0 Å². The van der Waals surface area contributed by atoms with E-state index in [-0.39, 0.29) is 5.91 Å². The summed E-state index contributed by atoms with van der Waals surface area (Å²) >= 11 is 0. The molecule has 0 aromatic carbocycles. The Morgan fingerprint density at radius 2 is 2.00 bits per heavy atom. The molecule has 0 aromatic heterocycles. The number of hydrogen-bond donors (Lipinski definition) is 2. The van der Waals surface area contributed by atoms with Gasteiger partial charge in [-0.3, -0.25) is 9.69 Å². The quantitative estimate of drug-likeness (QED) is 0.710. The summed E-state index contributed by atoms with van der Waals surface area (Å²) in [6.07, 6.45) is 6.35. The van der Waals surface area contributed by atoms with Gasteiger partial charge in [-0.2, -0.15) is 0 Å². The molecule has 2 fully saturated rings. The van der Waals surface area contributed by atoms with E-state index in [2.05, 4.69) is 29.4 Å². The fourth-order valence-corrected chi connectivity index (χ4v) is 2.86. The maximum atomic E-state index is 12.0. The van der Waals surface area contributed by atoms with Crippen LogP contribution in [0.25, 0.3) is 0 Å². The third-order valence-electron chi connectivity index (χ3n) is 4.31. The van der Waals surface area contributed by atoms with Gasteiger partial charge in [0.15, 0.2) is 0 Å². The maximum Gasteiger partial charge on any atom is 0.234 e. The number of nitrogens with one attached hydrogen (secondary N) is 2. The Bertz CT molecular complexity index is 302. The van der Waals surface area contributed by atoms with Crippen LogP contribution in [0.5, 0.6) is 0 Å². The number of rotatable bonds is 8. The van der Waals surface area contributed by atoms with Crippen LogP contribution in [0, 0.1) is 11.8 Å². The highest BCUT2D eigenvalue weighted by molar-refractivity contribution is 5.78. The van der Waals surface area contributed by atoms with E-state index >= 15 is 0 Å². The molecular formula is C16H31N3O. The molecule has 1 saturated carbocycles. The van der Waals surface area contributed by atoms with Crippen molar-refractivity contribution in [3.8, 4) is 0 Å². The van der Waals surface area contributed by atoms with Crippen molar-refractivity contribution in [2.75, 3.05) is 32.7 Å². The Kier molecular flexibility index (Phi) is 6.30. The first-order chi connectivity index (χ1) is 9.65. The van der Waals surface area contributed by atoms with Crippen LogP contribution in [-0.4, -0.2) is 49.6 Å². The third kappa shape index (κ3) is 5.80. The number of amides is 1. The molecule has 1 saturated heterocycles. The predicted molar refractivity (Wildman–Crippen MR) is 82.7 cm³/mol. The Balaban J connectivity index is 1.69. The molecule has 4 heteroatoms. The normalized spacial score (nSPS) is 24.1. The Hall–Kier alpha value is -0.610. The maximum absolute atomic E-state index is 12.0. The first kappa shape index (κ1) is 15.8. The van der Waals surface area contributed by atoms with E-state index in [1.807, 2.05) is 0 Å². The lowest BCUT2D eigenvalue weighted by atomic mass is 10.0. The zero-order valence-corrected chi connectivity index (χ0v) is 13.2. The Morgan fingerprint density at radius 3 is 2.70 bits per heavy atom. The van der Waals surface area contributed by atoms with Crippen molar-refractivity contribution in [3.05, 3.63) is 0 Å². The van der Waals surface area contributed by atoms with Crippen molar-refractivity contribution < 1.29 is 4.79 Å². The van der Waals surface area contributed by atoms with Gasteiger partial charge in [-0.15, -0.1) is 0 Å². The standard InChI is InChI=1S/C16H31N3O/c1-13(2)9-17-11-15-5-3-4-8-19(15)12-16(20)18-10-14-6-7-14/h13-15,17H,3-12H2,1-2H3,(H,18,20). The van der Waals surface area contributed by atoms with Gasteiger partial charge in [-0.1, -0.05) is 20.3 Å². The van der Waals surface area contributed by atoms with Crippen LogP contribution in [0.2, 0.25) is 0 Å². The van der Waals surface area contributed by atoms with Crippen molar-refractivity contribution >= 4 is 5.91 Å². The number of likely N-dealkylation sites (tertiary alicyclic amines) is 1. The SMILES string of the molecule is CC(C)CNCC1CCCCN1CC(=O)NCC1CC1. The van der Waals surface area contributed by atoms with E-state index in [9.17, 15) is 4.79 Å². The summed E-state index contributed by atoms with van der Waals surface area (Å²) in [5.74, 6) is 1.67. The van der Waals surface area contributed by atoms with Gasteiger partial charge in [0.05, 0.1) is 6.54 Å². The molecule has 2 rings (SSSR count). The highest BCUT2D eigenvalue weighted by Gasteiger charge is 2.25. The van der Waals surface area contributed by atoms with Crippen molar-refractivity contribution in [1.82, 2.24) is 15.5 Å². The average Bonchev–Trinajstić information content (AvgIpc) is 3.22. The molecule has 0 aromatic rings. The van der Waals surface area contributed by atoms with Gasteiger partial charge < -0.3 is 10.6 Å². The van der Waals surface area contributed by atoms with Crippen molar-refractivity contribution in [2.24, 2.45) is 11.8 Å². The van der Waals surface area contributed by atoms with Gasteiger partial charge >= 0.3 is 0 Å². The monoisotopic (exact) mass is 281 g/mol. The summed E-state index contributed by atoms with van der Waals surface area (Å²) in [5, 5.41) is 6.63. The summed E-state index contributed by atoms with van der Waals surface area (Å²) in [6.45, 7) is 9.11. The molecule has 4 nitrogen and oxygen atoms in total. The molecule has 1 amide bonds. The second-order valence-electron chi connectivity index (χ2n) is 6.92. The highest BCUT2D eigenvalue weighted by atomic mass is 16.2. The third-order valence-corrected chi connectivity index (χ3v) is 4.31. The average molecular weight is 281 g/mol. The van der Waals surface area contributed by atoms with Gasteiger partial charge in [-0.05, 0) is 50.6 Å². The van der Waals surface area contributed by atoms with Gasteiger partial charge in [0, 0.05) is 19.1 Å². The molecule has 1 atom stereocenters.